The molecule has 0 radical (unpaired) electrons. The predicted octanol–water partition coefficient (Wildman–Crippen LogP) is 2.44. The summed E-state index contributed by atoms with van der Waals surface area (Å²) in [5.74, 6) is 0. The van der Waals surface area contributed by atoms with E-state index in [1.807, 2.05) is 0 Å². The van der Waals surface area contributed by atoms with Crippen molar-refractivity contribution in [2.45, 2.75) is 42.2 Å². The van der Waals surface area contributed by atoms with Gasteiger partial charge in [0.1, 0.15) is 0 Å². The second-order valence-electron chi connectivity index (χ2n) is 2.62. The molecule has 0 bridgehead atoms. The van der Waals surface area contributed by atoms with Crippen LogP contribution >= 0.6 is 0 Å². The van der Waals surface area contributed by atoms with Crippen LogP contribution in [-0.4, -0.2) is 28.0 Å². The van der Waals surface area contributed by atoms with Crippen LogP contribution in [0.1, 0.15) is 27.7 Å². The molecule has 0 aliphatic heterocycles. The van der Waals surface area contributed by atoms with Crippen LogP contribution in [0, 0.1) is 0 Å². The predicted molar refractivity (Wildman–Crippen MR) is 42.9 cm³/mol. The van der Waals surface area contributed by atoms with Gasteiger partial charge in [-0.2, -0.15) is 0 Å². The molecule has 0 saturated heterocycles. The standard InChI is InChI=1S/C3H7O.2C2H5.In/c1-3(2)4;2*1-2;/h3H,1-2H3;2*1H2,2H3;/q-1;;;+1. The monoisotopic (exact) mass is 232 g/mol. The van der Waals surface area contributed by atoms with E-state index in [2.05, 4.69) is 27.7 Å². The molecule has 0 saturated carbocycles. The second kappa shape index (κ2) is 5.60. The normalized spacial score (nSPS) is 10.3. The Bertz CT molecular complexity index is 59.9. The molecular weight excluding hydrogens is 215 g/mol. The third-order valence-corrected chi connectivity index (χ3v) is 9.23. The van der Waals surface area contributed by atoms with Crippen molar-refractivity contribution in [1.82, 2.24) is 0 Å². The molecule has 0 aliphatic carbocycles. The van der Waals surface area contributed by atoms with Gasteiger partial charge < -0.3 is 0 Å². The third kappa shape index (κ3) is 5.28. The van der Waals surface area contributed by atoms with E-state index in [9.17, 15) is 0 Å². The Balaban J connectivity index is 3.31. The zero-order valence-electron chi connectivity index (χ0n) is 6.98. The fourth-order valence-corrected chi connectivity index (χ4v) is 5.81. The molecule has 9 heavy (non-hydrogen) atoms. The zero-order valence-corrected chi connectivity index (χ0v) is 10.3. The molecule has 54 valence electrons. The van der Waals surface area contributed by atoms with E-state index in [4.69, 9.17) is 2.85 Å². The maximum atomic E-state index is 5.76. The summed E-state index contributed by atoms with van der Waals surface area (Å²) >= 11 is -1.38. The van der Waals surface area contributed by atoms with E-state index < -0.39 is 21.9 Å². The fraction of sp³-hybridized carbons (Fsp3) is 1.00. The van der Waals surface area contributed by atoms with E-state index in [0.717, 1.165) is 0 Å². The molecule has 0 spiro atoms. The molecule has 0 aromatic heterocycles. The summed E-state index contributed by atoms with van der Waals surface area (Å²) in [6.07, 6.45) is 0.477. The number of hydrogen-bond donors (Lipinski definition) is 0. The molecule has 0 rings (SSSR count). The van der Waals surface area contributed by atoms with E-state index in [-0.39, 0.29) is 0 Å². The van der Waals surface area contributed by atoms with Crippen LogP contribution in [0.5, 0.6) is 0 Å². The Morgan fingerprint density at radius 3 is 1.78 bits per heavy atom. The molecule has 0 aliphatic rings. The van der Waals surface area contributed by atoms with Crippen molar-refractivity contribution in [3.8, 4) is 0 Å². The molecule has 0 atom stereocenters. The Morgan fingerprint density at radius 2 is 1.67 bits per heavy atom. The summed E-state index contributed by atoms with van der Waals surface area (Å²) in [7, 11) is 0. The van der Waals surface area contributed by atoms with Gasteiger partial charge >= 0.3 is 66.9 Å². The van der Waals surface area contributed by atoms with Crippen molar-refractivity contribution in [2.24, 2.45) is 0 Å². The molecule has 0 aromatic carbocycles. The number of hydrogen-bond acceptors (Lipinski definition) is 1. The molecule has 0 fully saturated rings. The average Bonchev–Trinajstić information content (AvgIpc) is 1.82. The Morgan fingerprint density at radius 1 is 1.22 bits per heavy atom. The minimum absolute atomic E-state index is 0.477. The van der Waals surface area contributed by atoms with E-state index in [1.165, 1.54) is 8.35 Å². The van der Waals surface area contributed by atoms with Crippen molar-refractivity contribution >= 4 is 21.9 Å². The molecular formula is C7H17InO. The van der Waals surface area contributed by atoms with Crippen LogP contribution < -0.4 is 0 Å². The van der Waals surface area contributed by atoms with Gasteiger partial charge in [-0.3, -0.25) is 0 Å². The van der Waals surface area contributed by atoms with Gasteiger partial charge in [0.2, 0.25) is 0 Å². The van der Waals surface area contributed by atoms with Gasteiger partial charge in [0.15, 0.2) is 0 Å². The van der Waals surface area contributed by atoms with E-state index in [0.29, 0.717) is 6.10 Å². The Hall–Kier alpha value is 0.830. The molecule has 0 heterocycles. The van der Waals surface area contributed by atoms with Crippen LogP contribution in [0.3, 0.4) is 0 Å². The second-order valence-corrected chi connectivity index (χ2v) is 11.6. The first-order chi connectivity index (χ1) is 4.20. The third-order valence-electron chi connectivity index (χ3n) is 1.38. The van der Waals surface area contributed by atoms with Crippen LogP contribution in [0.25, 0.3) is 0 Å². The summed E-state index contributed by atoms with van der Waals surface area (Å²) in [6.45, 7) is 8.78. The first kappa shape index (κ1) is 9.83. The van der Waals surface area contributed by atoms with Crippen molar-refractivity contribution in [1.29, 1.82) is 0 Å². The Labute approximate surface area is 66.9 Å². The van der Waals surface area contributed by atoms with Crippen molar-refractivity contribution in [2.75, 3.05) is 0 Å². The molecule has 1 nitrogen and oxygen atoms in total. The summed E-state index contributed by atoms with van der Waals surface area (Å²) in [5.41, 5.74) is 0. The van der Waals surface area contributed by atoms with Crippen molar-refractivity contribution in [3.63, 3.8) is 0 Å². The topological polar surface area (TPSA) is 9.23 Å². The average molecular weight is 232 g/mol. The van der Waals surface area contributed by atoms with Gasteiger partial charge in [-0.05, 0) is 0 Å². The first-order valence-electron chi connectivity index (χ1n) is 3.86. The van der Waals surface area contributed by atoms with E-state index in [1.54, 1.807) is 0 Å². The van der Waals surface area contributed by atoms with Crippen molar-refractivity contribution < 1.29 is 2.85 Å². The van der Waals surface area contributed by atoms with Gasteiger partial charge in [-0.25, -0.2) is 0 Å². The van der Waals surface area contributed by atoms with Crippen LogP contribution in [-0.2, 0) is 2.85 Å². The first-order valence-corrected chi connectivity index (χ1v) is 9.86. The van der Waals surface area contributed by atoms with Crippen LogP contribution in [0.2, 0.25) is 8.35 Å². The van der Waals surface area contributed by atoms with Gasteiger partial charge in [0.05, 0.1) is 0 Å². The molecule has 0 N–H and O–H groups in total. The molecule has 0 unspecified atom stereocenters. The molecule has 2 heteroatoms. The van der Waals surface area contributed by atoms with Gasteiger partial charge in [-0.15, -0.1) is 0 Å². The fourth-order valence-electron chi connectivity index (χ4n) is 0.866. The quantitative estimate of drug-likeness (QED) is 0.723. The zero-order chi connectivity index (χ0) is 7.28. The Kier molecular flexibility index (Phi) is 6.12. The molecule has 0 aromatic rings. The van der Waals surface area contributed by atoms with E-state index >= 15 is 0 Å². The van der Waals surface area contributed by atoms with Gasteiger partial charge in [0, 0.05) is 0 Å². The van der Waals surface area contributed by atoms with Gasteiger partial charge in [0.25, 0.3) is 0 Å². The molecule has 0 amide bonds. The van der Waals surface area contributed by atoms with Gasteiger partial charge in [-0.1, -0.05) is 0 Å². The van der Waals surface area contributed by atoms with Crippen molar-refractivity contribution in [3.05, 3.63) is 0 Å². The maximum absolute atomic E-state index is 5.76. The minimum atomic E-state index is -1.38. The summed E-state index contributed by atoms with van der Waals surface area (Å²) < 4.78 is 8.45. The summed E-state index contributed by atoms with van der Waals surface area (Å²) in [4.78, 5) is 0. The van der Waals surface area contributed by atoms with Crippen LogP contribution in [0.4, 0.5) is 0 Å². The SMILES string of the molecule is C[CH2][In]([CH2]C)[O]C(C)C. The number of rotatable bonds is 4. The van der Waals surface area contributed by atoms with Crippen LogP contribution in [0.15, 0.2) is 0 Å². The summed E-state index contributed by atoms with van der Waals surface area (Å²) in [5, 5.41) is 0. The summed E-state index contributed by atoms with van der Waals surface area (Å²) in [6, 6.07) is 0.